The van der Waals surface area contributed by atoms with Gasteiger partial charge in [-0.25, -0.2) is 4.68 Å². The maximum atomic E-state index is 12.6. The van der Waals surface area contributed by atoms with Crippen LogP contribution < -0.4 is 11.1 Å². The number of amides is 1. The average molecular weight is 312 g/mol. The zero-order valence-corrected chi connectivity index (χ0v) is 13.5. The maximum absolute atomic E-state index is 12.6. The molecule has 0 radical (unpaired) electrons. The number of benzene rings is 1. The Morgan fingerprint density at radius 3 is 2.96 bits per heavy atom. The quantitative estimate of drug-likeness (QED) is 0.910. The van der Waals surface area contributed by atoms with Gasteiger partial charge in [-0.2, -0.15) is 5.10 Å². The van der Waals surface area contributed by atoms with Crippen LogP contribution in [0.4, 0.5) is 0 Å². The van der Waals surface area contributed by atoms with E-state index in [0.717, 1.165) is 36.9 Å². The van der Waals surface area contributed by atoms with Gasteiger partial charge in [-0.3, -0.25) is 4.79 Å². The number of nitrogens with one attached hydrogen (secondary N) is 1. The molecule has 5 heteroatoms. The summed E-state index contributed by atoms with van der Waals surface area (Å²) in [6.45, 7) is 2.48. The predicted molar refractivity (Wildman–Crippen MR) is 90.0 cm³/mol. The molecule has 1 aromatic carbocycles. The van der Waals surface area contributed by atoms with Crippen LogP contribution in [0.15, 0.2) is 42.7 Å². The minimum absolute atomic E-state index is 0.0602. The van der Waals surface area contributed by atoms with Gasteiger partial charge in [0.05, 0.1) is 11.6 Å². The van der Waals surface area contributed by atoms with Crippen LogP contribution in [-0.2, 0) is 11.3 Å². The zero-order chi connectivity index (χ0) is 16.3. The lowest BCUT2D eigenvalue weighted by atomic mass is 9.74. The van der Waals surface area contributed by atoms with Crippen molar-refractivity contribution in [3.05, 3.63) is 48.3 Å². The summed E-state index contributed by atoms with van der Waals surface area (Å²) in [4.78, 5) is 12.6. The minimum atomic E-state index is -0.399. The molecule has 0 bridgehead atoms. The summed E-state index contributed by atoms with van der Waals surface area (Å²) in [5, 5.41) is 7.34. The van der Waals surface area contributed by atoms with E-state index in [1.165, 1.54) is 0 Å². The molecular formula is C18H24N4O. The fraction of sp³-hybridized carbons (Fsp3) is 0.444. The molecule has 2 aromatic rings. The Labute approximate surface area is 136 Å². The summed E-state index contributed by atoms with van der Waals surface area (Å²) < 4.78 is 1.81. The number of carbonyl (C=O) groups excluding carboxylic acids is 1. The third kappa shape index (κ3) is 3.45. The number of nitrogens with zero attached hydrogens (tertiary/aromatic N) is 2. The first-order valence-electron chi connectivity index (χ1n) is 8.22. The second-order valence-corrected chi connectivity index (χ2v) is 6.60. The molecule has 1 saturated carbocycles. The summed E-state index contributed by atoms with van der Waals surface area (Å²) in [5.74, 6) is -0.0434. The van der Waals surface area contributed by atoms with Crippen LogP contribution in [0.1, 0.15) is 38.2 Å². The molecule has 2 atom stereocenters. The van der Waals surface area contributed by atoms with Gasteiger partial charge < -0.3 is 11.1 Å². The Morgan fingerprint density at radius 1 is 1.39 bits per heavy atom. The van der Waals surface area contributed by atoms with Gasteiger partial charge in [-0.15, -0.1) is 0 Å². The lowest BCUT2D eigenvalue weighted by molar-refractivity contribution is -0.128. The molecule has 1 heterocycles. The average Bonchev–Trinajstić information content (AvgIpc) is 3.07. The van der Waals surface area contributed by atoms with Crippen molar-refractivity contribution < 1.29 is 4.79 Å². The van der Waals surface area contributed by atoms with Crippen molar-refractivity contribution in [2.45, 2.75) is 44.7 Å². The highest BCUT2D eigenvalue weighted by atomic mass is 16.1. The summed E-state index contributed by atoms with van der Waals surface area (Å²) in [5.41, 5.74) is 7.95. The number of hydrogen-bond donors (Lipinski definition) is 2. The van der Waals surface area contributed by atoms with Crippen molar-refractivity contribution in [2.24, 2.45) is 11.7 Å². The van der Waals surface area contributed by atoms with Gasteiger partial charge in [0.15, 0.2) is 0 Å². The minimum Gasteiger partial charge on any atom is -0.352 e. The van der Waals surface area contributed by atoms with Gasteiger partial charge >= 0.3 is 0 Å². The van der Waals surface area contributed by atoms with E-state index >= 15 is 0 Å². The first-order chi connectivity index (χ1) is 11.1. The molecule has 3 rings (SSSR count). The molecule has 5 nitrogen and oxygen atoms in total. The summed E-state index contributed by atoms with van der Waals surface area (Å²) >= 11 is 0. The van der Waals surface area contributed by atoms with Gasteiger partial charge in [0.1, 0.15) is 0 Å². The number of hydrogen-bond acceptors (Lipinski definition) is 3. The van der Waals surface area contributed by atoms with Gasteiger partial charge in [-0.05, 0) is 37.5 Å². The van der Waals surface area contributed by atoms with E-state index in [-0.39, 0.29) is 11.8 Å². The van der Waals surface area contributed by atoms with E-state index in [9.17, 15) is 4.79 Å². The Morgan fingerprint density at radius 2 is 2.22 bits per heavy atom. The number of rotatable bonds is 4. The first-order valence-corrected chi connectivity index (χ1v) is 8.22. The Hall–Kier alpha value is -2.14. The molecule has 1 fully saturated rings. The van der Waals surface area contributed by atoms with E-state index in [1.807, 2.05) is 48.1 Å². The van der Waals surface area contributed by atoms with Crippen LogP contribution in [0.5, 0.6) is 0 Å². The van der Waals surface area contributed by atoms with Crippen molar-refractivity contribution in [2.75, 3.05) is 0 Å². The normalized spacial score (nSPS) is 24.3. The molecule has 0 saturated heterocycles. The second-order valence-electron chi connectivity index (χ2n) is 6.60. The van der Waals surface area contributed by atoms with Crippen molar-refractivity contribution >= 4 is 5.91 Å². The molecule has 2 unspecified atom stereocenters. The lowest BCUT2D eigenvalue weighted by Gasteiger charge is -2.37. The number of para-hydroxylation sites is 1. The van der Waals surface area contributed by atoms with Crippen LogP contribution in [0.3, 0.4) is 0 Å². The van der Waals surface area contributed by atoms with Gasteiger partial charge in [0.25, 0.3) is 0 Å². The smallest absolute Gasteiger partial charge is 0.225 e. The maximum Gasteiger partial charge on any atom is 0.225 e. The van der Waals surface area contributed by atoms with Crippen molar-refractivity contribution in [1.29, 1.82) is 0 Å². The molecule has 1 aliphatic rings. The van der Waals surface area contributed by atoms with Crippen LogP contribution in [0.2, 0.25) is 0 Å². The fourth-order valence-corrected chi connectivity index (χ4v) is 3.39. The molecule has 1 amide bonds. The topological polar surface area (TPSA) is 72.9 Å². The Bertz CT molecular complexity index is 663. The summed E-state index contributed by atoms with van der Waals surface area (Å²) in [7, 11) is 0. The summed E-state index contributed by atoms with van der Waals surface area (Å²) in [6, 6.07) is 9.85. The standard InChI is InChI=1S/C18H24N4O/c1-18(19)10-5-4-8-15(18)17(23)20-13-14-7-2-3-9-16(14)22-12-6-11-21-22/h2-3,6-7,9,11-12,15H,4-5,8,10,13,19H2,1H3,(H,20,23). The SMILES string of the molecule is CC1(N)CCCCC1C(=O)NCc1ccccc1-n1cccn1. The number of nitrogens with two attached hydrogens (primary N) is 1. The van der Waals surface area contributed by atoms with Gasteiger partial charge in [-0.1, -0.05) is 31.0 Å². The summed E-state index contributed by atoms with van der Waals surface area (Å²) in [6.07, 6.45) is 7.62. The lowest BCUT2D eigenvalue weighted by Crippen LogP contribution is -2.52. The molecule has 1 aromatic heterocycles. The highest BCUT2D eigenvalue weighted by Crippen LogP contribution is 2.31. The second kappa shape index (κ2) is 6.54. The van der Waals surface area contributed by atoms with Crippen molar-refractivity contribution in [1.82, 2.24) is 15.1 Å². The number of aromatic nitrogens is 2. The highest BCUT2D eigenvalue weighted by molar-refractivity contribution is 5.80. The van der Waals surface area contributed by atoms with Crippen LogP contribution in [-0.4, -0.2) is 21.2 Å². The third-order valence-corrected chi connectivity index (χ3v) is 4.77. The molecule has 23 heavy (non-hydrogen) atoms. The number of carbonyl (C=O) groups is 1. The van der Waals surface area contributed by atoms with E-state index in [2.05, 4.69) is 10.4 Å². The van der Waals surface area contributed by atoms with E-state index in [1.54, 1.807) is 6.20 Å². The Kier molecular flexibility index (Phi) is 4.48. The van der Waals surface area contributed by atoms with Crippen molar-refractivity contribution in [3.63, 3.8) is 0 Å². The molecule has 3 N–H and O–H groups in total. The highest BCUT2D eigenvalue weighted by Gasteiger charge is 2.37. The van der Waals surface area contributed by atoms with E-state index < -0.39 is 5.54 Å². The molecular weight excluding hydrogens is 288 g/mol. The Balaban J connectivity index is 1.70. The van der Waals surface area contributed by atoms with Gasteiger partial charge in [0, 0.05) is 24.5 Å². The third-order valence-electron chi connectivity index (χ3n) is 4.77. The molecule has 0 spiro atoms. The van der Waals surface area contributed by atoms with Gasteiger partial charge in [0.2, 0.25) is 5.91 Å². The monoisotopic (exact) mass is 312 g/mol. The molecule has 122 valence electrons. The molecule has 1 aliphatic carbocycles. The van der Waals surface area contributed by atoms with Crippen molar-refractivity contribution in [3.8, 4) is 5.69 Å². The first kappa shape index (κ1) is 15.7. The van der Waals surface area contributed by atoms with Crippen LogP contribution in [0, 0.1) is 5.92 Å². The zero-order valence-electron chi connectivity index (χ0n) is 13.5. The predicted octanol–water partition coefficient (Wildman–Crippen LogP) is 2.40. The molecule has 0 aliphatic heterocycles. The van der Waals surface area contributed by atoms with Crippen LogP contribution >= 0.6 is 0 Å². The largest absolute Gasteiger partial charge is 0.352 e. The van der Waals surface area contributed by atoms with E-state index in [0.29, 0.717) is 6.54 Å². The van der Waals surface area contributed by atoms with Crippen LogP contribution in [0.25, 0.3) is 5.69 Å². The van der Waals surface area contributed by atoms with E-state index in [4.69, 9.17) is 5.73 Å². The fourth-order valence-electron chi connectivity index (χ4n) is 3.39.